The number of rotatable bonds is 3. The Kier molecular flexibility index (Phi) is 3.37. The third-order valence-corrected chi connectivity index (χ3v) is 6.61. The van der Waals surface area contributed by atoms with E-state index >= 15 is 0 Å². The normalized spacial score (nSPS) is 23.7. The Hall–Kier alpha value is -0.910. The fourth-order valence-corrected chi connectivity index (χ4v) is 5.56. The second kappa shape index (κ2) is 4.89. The molecule has 0 aliphatic carbocycles. The lowest BCUT2D eigenvalue weighted by Gasteiger charge is -2.16. The van der Waals surface area contributed by atoms with E-state index in [9.17, 15) is 13.5 Å². The Labute approximate surface area is 116 Å². The summed E-state index contributed by atoms with van der Waals surface area (Å²) in [5.74, 6) is 0.249. The summed E-state index contributed by atoms with van der Waals surface area (Å²) in [6.07, 6.45) is 0.575. The van der Waals surface area contributed by atoms with Crippen molar-refractivity contribution in [2.45, 2.75) is 18.9 Å². The van der Waals surface area contributed by atoms with Gasteiger partial charge in [0.05, 0.1) is 17.6 Å². The minimum atomic E-state index is -2.92. The van der Waals surface area contributed by atoms with Gasteiger partial charge in [0.2, 0.25) is 0 Å². The molecule has 1 aliphatic rings. The number of hydrogen-bond donors (Lipinski definition) is 1. The van der Waals surface area contributed by atoms with Crippen molar-refractivity contribution >= 4 is 31.3 Å². The van der Waals surface area contributed by atoms with Crippen LogP contribution in [0.1, 0.15) is 12.0 Å². The first-order valence-electron chi connectivity index (χ1n) is 6.39. The van der Waals surface area contributed by atoms with Crippen LogP contribution in [0.25, 0.3) is 10.1 Å². The lowest BCUT2D eigenvalue weighted by Crippen LogP contribution is -2.23. The van der Waals surface area contributed by atoms with Gasteiger partial charge in [-0.15, -0.1) is 11.3 Å². The Morgan fingerprint density at radius 1 is 1.37 bits per heavy atom. The van der Waals surface area contributed by atoms with Gasteiger partial charge in [-0.05, 0) is 28.8 Å². The van der Waals surface area contributed by atoms with Crippen molar-refractivity contribution < 1.29 is 13.5 Å². The summed E-state index contributed by atoms with van der Waals surface area (Å²) in [6, 6.07) is 8.11. The van der Waals surface area contributed by atoms with Crippen LogP contribution in [0.4, 0.5) is 0 Å². The van der Waals surface area contributed by atoms with E-state index in [1.807, 2.05) is 12.1 Å². The standard InChI is InChI=1S/C14H16O3S2/c15-13(10-5-6-19(16,17)9-10)7-11-8-18-14-4-2-1-3-12(11)14/h1-4,8,10,13,15H,5-7,9H2. The number of thiophene rings is 1. The van der Waals surface area contributed by atoms with Gasteiger partial charge < -0.3 is 5.11 Å². The second-order valence-corrected chi connectivity index (χ2v) is 8.33. The summed E-state index contributed by atoms with van der Waals surface area (Å²) in [4.78, 5) is 0. The molecule has 0 bridgehead atoms. The van der Waals surface area contributed by atoms with Gasteiger partial charge in [0, 0.05) is 17.0 Å². The monoisotopic (exact) mass is 296 g/mol. The molecule has 0 amide bonds. The fourth-order valence-electron chi connectivity index (χ4n) is 2.71. The van der Waals surface area contributed by atoms with Crippen molar-refractivity contribution in [2.24, 2.45) is 5.92 Å². The highest BCUT2D eigenvalue weighted by Gasteiger charge is 2.33. The predicted octanol–water partition coefficient (Wildman–Crippen LogP) is 2.24. The van der Waals surface area contributed by atoms with E-state index in [2.05, 4.69) is 17.5 Å². The molecule has 5 heteroatoms. The molecule has 3 nitrogen and oxygen atoms in total. The van der Waals surface area contributed by atoms with Gasteiger partial charge >= 0.3 is 0 Å². The molecule has 2 heterocycles. The van der Waals surface area contributed by atoms with Crippen LogP contribution < -0.4 is 0 Å². The number of aliphatic hydroxyl groups is 1. The maximum Gasteiger partial charge on any atom is 0.150 e. The van der Waals surface area contributed by atoms with Gasteiger partial charge in [-0.1, -0.05) is 18.2 Å². The van der Waals surface area contributed by atoms with E-state index in [-0.39, 0.29) is 17.4 Å². The highest BCUT2D eigenvalue weighted by Crippen LogP contribution is 2.29. The second-order valence-electron chi connectivity index (χ2n) is 5.19. The SMILES string of the molecule is O=S1(=O)CCC(C(O)Cc2csc3ccccc23)C1. The maximum absolute atomic E-state index is 11.5. The van der Waals surface area contributed by atoms with Crippen LogP contribution in [0, 0.1) is 5.92 Å². The maximum atomic E-state index is 11.5. The molecule has 2 atom stereocenters. The molecule has 3 rings (SSSR count). The van der Waals surface area contributed by atoms with Crippen LogP contribution in [0.5, 0.6) is 0 Å². The van der Waals surface area contributed by atoms with Gasteiger partial charge in [-0.25, -0.2) is 8.42 Å². The van der Waals surface area contributed by atoms with Crippen LogP contribution >= 0.6 is 11.3 Å². The Morgan fingerprint density at radius 3 is 2.89 bits per heavy atom. The quantitative estimate of drug-likeness (QED) is 0.945. The third-order valence-electron chi connectivity index (χ3n) is 3.80. The van der Waals surface area contributed by atoms with Crippen molar-refractivity contribution in [1.82, 2.24) is 0 Å². The molecule has 0 spiro atoms. The number of hydrogen-bond acceptors (Lipinski definition) is 4. The van der Waals surface area contributed by atoms with Gasteiger partial charge in [-0.2, -0.15) is 0 Å². The molecule has 1 saturated heterocycles. The first-order chi connectivity index (χ1) is 9.05. The van der Waals surface area contributed by atoms with Crippen LogP contribution in [0.15, 0.2) is 29.6 Å². The molecule has 102 valence electrons. The van der Waals surface area contributed by atoms with E-state index < -0.39 is 15.9 Å². The average Bonchev–Trinajstić information content (AvgIpc) is 2.94. The number of aliphatic hydroxyl groups excluding tert-OH is 1. The van der Waals surface area contributed by atoms with Crippen LogP contribution in [0.3, 0.4) is 0 Å². The van der Waals surface area contributed by atoms with Gasteiger partial charge in [-0.3, -0.25) is 0 Å². The minimum absolute atomic E-state index is 0.108. The molecule has 0 radical (unpaired) electrons. The zero-order chi connectivity index (χ0) is 13.5. The Balaban J connectivity index is 1.78. The molecule has 2 aromatic rings. The number of fused-ring (bicyclic) bond motifs is 1. The van der Waals surface area contributed by atoms with E-state index in [0.29, 0.717) is 12.8 Å². The molecular formula is C14H16O3S2. The zero-order valence-electron chi connectivity index (χ0n) is 10.5. The molecule has 0 saturated carbocycles. The van der Waals surface area contributed by atoms with E-state index in [4.69, 9.17) is 0 Å². The molecule has 1 aromatic carbocycles. The minimum Gasteiger partial charge on any atom is -0.392 e. The Bertz CT molecular complexity index is 688. The number of benzene rings is 1. The molecule has 1 aromatic heterocycles. The van der Waals surface area contributed by atoms with E-state index in [1.165, 1.54) is 10.1 Å². The highest BCUT2D eigenvalue weighted by molar-refractivity contribution is 7.91. The predicted molar refractivity (Wildman–Crippen MR) is 78.3 cm³/mol. The molecule has 1 N–H and O–H groups in total. The molecule has 1 fully saturated rings. The summed E-state index contributed by atoms with van der Waals surface area (Å²) >= 11 is 1.67. The topological polar surface area (TPSA) is 54.4 Å². The summed E-state index contributed by atoms with van der Waals surface area (Å²) in [6.45, 7) is 0. The fraction of sp³-hybridized carbons (Fsp3) is 0.429. The van der Waals surface area contributed by atoms with E-state index in [1.54, 1.807) is 11.3 Å². The largest absolute Gasteiger partial charge is 0.392 e. The van der Waals surface area contributed by atoms with Gasteiger partial charge in [0.1, 0.15) is 0 Å². The first-order valence-corrected chi connectivity index (χ1v) is 9.09. The third kappa shape index (κ3) is 2.68. The van der Waals surface area contributed by atoms with Crippen molar-refractivity contribution in [2.75, 3.05) is 11.5 Å². The lowest BCUT2D eigenvalue weighted by atomic mass is 9.95. The summed E-state index contributed by atoms with van der Waals surface area (Å²) < 4.78 is 24.1. The molecular weight excluding hydrogens is 280 g/mol. The summed E-state index contributed by atoms with van der Waals surface area (Å²) in [5.41, 5.74) is 1.12. The van der Waals surface area contributed by atoms with E-state index in [0.717, 1.165) is 5.56 Å². The Morgan fingerprint density at radius 2 is 2.16 bits per heavy atom. The van der Waals surface area contributed by atoms with Crippen molar-refractivity contribution in [3.05, 3.63) is 35.2 Å². The average molecular weight is 296 g/mol. The molecule has 19 heavy (non-hydrogen) atoms. The smallest absolute Gasteiger partial charge is 0.150 e. The lowest BCUT2D eigenvalue weighted by molar-refractivity contribution is 0.120. The van der Waals surface area contributed by atoms with Crippen LogP contribution in [-0.4, -0.2) is 31.1 Å². The van der Waals surface area contributed by atoms with Crippen LogP contribution in [-0.2, 0) is 16.3 Å². The van der Waals surface area contributed by atoms with Crippen molar-refractivity contribution in [3.63, 3.8) is 0 Å². The molecule has 2 unspecified atom stereocenters. The molecule has 1 aliphatic heterocycles. The zero-order valence-corrected chi connectivity index (χ0v) is 12.1. The number of sulfone groups is 1. The first kappa shape index (κ1) is 13.1. The highest BCUT2D eigenvalue weighted by atomic mass is 32.2. The van der Waals surface area contributed by atoms with Crippen molar-refractivity contribution in [1.29, 1.82) is 0 Å². The summed E-state index contributed by atoms with van der Waals surface area (Å²) in [7, 11) is -2.92. The van der Waals surface area contributed by atoms with Gasteiger partial charge in [0.25, 0.3) is 0 Å². The summed E-state index contributed by atoms with van der Waals surface area (Å²) in [5, 5.41) is 13.5. The van der Waals surface area contributed by atoms with Crippen molar-refractivity contribution in [3.8, 4) is 0 Å². The van der Waals surface area contributed by atoms with Gasteiger partial charge in [0.15, 0.2) is 9.84 Å². The van der Waals surface area contributed by atoms with Crippen LogP contribution in [0.2, 0.25) is 0 Å².